The molecule has 1 rings (SSSR count). The van der Waals surface area contributed by atoms with Crippen LogP contribution < -0.4 is 11.5 Å². The minimum Gasteiger partial charge on any atom is -0.369 e. The Hall–Kier alpha value is -1.10. The summed E-state index contributed by atoms with van der Waals surface area (Å²) in [6.45, 7) is 6.74. The van der Waals surface area contributed by atoms with Crippen molar-refractivity contribution in [1.29, 1.82) is 0 Å². The van der Waals surface area contributed by atoms with Gasteiger partial charge in [-0.15, -0.1) is 0 Å². The molecule has 1 fully saturated rings. The van der Waals surface area contributed by atoms with Crippen molar-refractivity contribution < 1.29 is 9.59 Å². The number of rotatable bonds is 4. The third-order valence-corrected chi connectivity index (χ3v) is 3.92. The zero-order chi connectivity index (χ0) is 13.2. The van der Waals surface area contributed by atoms with Gasteiger partial charge < -0.3 is 16.4 Å². The van der Waals surface area contributed by atoms with Crippen molar-refractivity contribution in [2.75, 3.05) is 13.1 Å². The highest BCUT2D eigenvalue weighted by molar-refractivity contribution is 5.85. The zero-order valence-corrected chi connectivity index (χ0v) is 10.9. The van der Waals surface area contributed by atoms with E-state index in [0.29, 0.717) is 19.5 Å². The van der Waals surface area contributed by atoms with Crippen molar-refractivity contribution >= 4 is 11.8 Å². The summed E-state index contributed by atoms with van der Waals surface area (Å²) in [5, 5.41) is 0. The second-order valence-corrected chi connectivity index (χ2v) is 5.35. The molecule has 0 aliphatic carbocycles. The molecule has 1 aliphatic heterocycles. The van der Waals surface area contributed by atoms with Crippen LogP contribution >= 0.6 is 0 Å². The number of likely N-dealkylation sites (tertiary alicyclic amines) is 1. The Kier molecular flexibility index (Phi) is 4.14. The van der Waals surface area contributed by atoms with Gasteiger partial charge in [0.05, 0.1) is 11.5 Å². The molecule has 2 amide bonds. The first kappa shape index (κ1) is 14.0. The number of nitrogens with two attached hydrogens (primary N) is 2. The zero-order valence-electron chi connectivity index (χ0n) is 10.9. The Balaban J connectivity index is 2.66. The van der Waals surface area contributed by atoms with E-state index in [2.05, 4.69) is 0 Å². The van der Waals surface area contributed by atoms with E-state index in [1.165, 1.54) is 0 Å². The SMILES string of the molecule is CCC(C)C(N)C(=O)N1CCC(C)(C(N)=O)C1. The molecule has 4 N–H and O–H groups in total. The van der Waals surface area contributed by atoms with Crippen molar-refractivity contribution in [3.05, 3.63) is 0 Å². The van der Waals surface area contributed by atoms with E-state index in [-0.39, 0.29) is 17.7 Å². The summed E-state index contributed by atoms with van der Waals surface area (Å²) in [6.07, 6.45) is 1.50. The minimum absolute atomic E-state index is 0.0654. The normalized spacial score (nSPS) is 27.9. The van der Waals surface area contributed by atoms with Gasteiger partial charge in [0.15, 0.2) is 0 Å². The average molecular weight is 241 g/mol. The molecule has 3 unspecified atom stereocenters. The monoisotopic (exact) mass is 241 g/mol. The fourth-order valence-electron chi connectivity index (χ4n) is 2.06. The van der Waals surface area contributed by atoms with Gasteiger partial charge in [-0.05, 0) is 19.3 Å². The van der Waals surface area contributed by atoms with Crippen LogP contribution in [-0.2, 0) is 9.59 Å². The largest absolute Gasteiger partial charge is 0.369 e. The Morgan fingerprint density at radius 1 is 1.47 bits per heavy atom. The van der Waals surface area contributed by atoms with Gasteiger partial charge in [0.1, 0.15) is 0 Å². The highest BCUT2D eigenvalue weighted by atomic mass is 16.2. The molecule has 0 aromatic carbocycles. The van der Waals surface area contributed by atoms with Gasteiger partial charge in [-0.25, -0.2) is 0 Å². The average Bonchev–Trinajstić information content (AvgIpc) is 2.70. The lowest BCUT2D eigenvalue weighted by Crippen LogP contribution is -2.47. The number of amides is 2. The molecule has 1 saturated heterocycles. The maximum atomic E-state index is 12.1. The summed E-state index contributed by atoms with van der Waals surface area (Å²) in [4.78, 5) is 25.1. The predicted octanol–water partition coefficient (Wildman–Crippen LogP) is 0.0837. The van der Waals surface area contributed by atoms with Crippen LogP contribution in [-0.4, -0.2) is 35.8 Å². The van der Waals surface area contributed by atoms with E-state index >= 15 is 0 Å². The van der Waals surface area contributed by atoms with Gasteiger partial charge >= 0.3 is 0 Å². The first-order chi connectivity index (χ1) is 7.81. The molecule has 0 spiro atoms. The van der Waals surface area contributed by atoms with E-state index in [1.807, 2.05) is 13.8 Å². The molecule has 1 aliphatic rings. The van der Waals surface area contributed by atoms with Gasteiger partial charge in [-0.3, -0.25) is 9.59 Å². The van der Waals surface area contributed by atoms with E-state index in [4.69, 9.17) is 11.5 Å². The Labute approximate surface area is 103 Å². The summed E-state index contributed by atoms with van der Waals surface area (Å²) in [7, 11) is 0. The predicted molar refractivity (Wildman–Crippen MR) is 65.9 cm³/mol. The molecular formula is C12H23N3O2. The van der Waals surface area contributed by atoms with Crippen LogP contribution in [0.4, 0.5) is 0 Å². The molecule has 98 valence electrons. The maximum Gasteiger partial charge on any atom is 0.239 e. The molecule has 5 heteroatoms. The van der Waals surface area contributed by atoms with Crippen LogP contribution in [0.1, 0.15) is 33.6 Å². The van der Waals surface area contributed by atoms with Crippen LogP contribution in [0.15, 0.2) is 0 Å². The van der Waals surface area contributed by atoms with Crippen molar-refractivity contribution in [2.24, 2.45) is 22.8 Å². The number of hydrogen-bond acceptors (Lipinski definition) is 3. The summed E-state index contributed by atoms with van der Waals surface area (Å²) >= 11 is 0. The minimum atomic E-state index is -0.592. The van der Waals surface area contributed by atoms with Crippen LogP contribution in [0.3, 0.4) is 0 Å². The number of carbonyl (C=O) groups excluding carboxylic acids is 2. The number of hydrogen-bond donors (Lipinski definition) is 2. The topological polar surface area (TPSA) is 89.4 Å². The third kappa shape index (κ3) is 2.77. The fraction of sp³-hybridized carbons (Fsp3) is 0.833. The van der Waals surface area contributed by atoms with Gasteiger partial charge in [-0.1, -0.05) is 20.3 Å². The molecule has 1 heterocycles. The summed E-state index contributed by atoms with van der Waals surface area (Å²) in [5.74, 6) is -0.253. The fourth-order valence-corrected chi connectivity index (χ4v) is 2.06. The smallest absolute Gasteiger partial charge is 0.239 e. The van der Waals surface area contributed by atoms with Crippen molar-refractivity contribution in [1.82, 2.24) is 4.90 Å². The third-order valence-electron chi connectivity index (χ3n) is 3.92. The highest BCUT2D eigenvalue weighted by Gasteiger charge is 2.41. The second kappa shape index (κ2) is 5.04. The first-order valence-corrected chi connectivity index (χ1v) is 6.16. The lowest BCUT2D eigenvalue weighted by atomic mass is 9.89. The summed E-state index contributed by atoms with van der Waals surface area (Å²) in [6, 6.07) is -0.477. The van der Waals surface area contributed by atoms with Gasteiger partial charge in [0, 0.05) is 13.1 Å². The molecule has 0 aromatic rings. The highest BCUT2D eigenvalue weighted by Crippen LogP contribution is 2.30. The number of nitrogens with zero attached hydrogens (tertiary/aromatic N) is 1. The van der Waals surface area contributed by atoms with Crippen LogP contribution in [0.25, 0.3) is 0 Å². The molecule has 5 nitrogen and oxygen atoms in total. The van der Waals surface area contributed by atoms with Gasteiger partial charge in [-0.2, -0.15) is 0 Å². The second-order valence-electron chi connectivity index (χ2n) is 5.35. The molecule has 0 bridgehead atoms. The van der Waals surface area contributed by atoms with Crippen molar-refractivity contribution in [3.8, 4) is 0 Å². The Bertz CT molecular complexity index is 319. The molecule has 17 heavy (non-hydrogen) atoms. The molecule has 3 atom stereocenters. The van der Waals surface area contributed by atoms with Gasteiger partial charge in [0.25, 0.3) is 0 Å². The maximum absolute atomic E-state index is 12.1. The first-order valence-electron chi connectivity index (χ1n) is 6.16. The van der Waals surface area contributed by atoms with E-state index < -0.39 is 11.5 Å². The lowest BCUT2D eigenvalue weighted by Gasteiger charge is -2.26. The van der Waals surface area contributed by atoms with Crippen LogP contribution in [0.5, 0.6) is 0 Å². The van der Waals surface area contributed by atoms with Crippen LogP contribution in [0.2, 0.25) is 0 Å². The number of carbonyl (C=O) groups is 2. The molecule has 0 aromatic heterocycles. The van der Waals surface area contributed by atoms with E-state index in [9.17, 15) is 9.59 Å². The molecule has 0 radical (unpaired) electrons. The van der Waals surface area contributed by atoms with Crippen LogP contribution in [0, 0.1) is 11.3 Å². The Morgan fingerprint density at radius 3 is 2.47 bits per heavy atom. The quantitative estimate of drug-likeness (QED) is 0.730. The van der Waals surface area contributed by atoms with Gasteiger partial charge in [0.2, 0.25) is 11.8 Å². The standard InChI is InChI=1S/C12H23N3O2/c1-4-8(2)9(13)10(16)15-6-5-12(3,7-15)11(14)17/h8-9H,4-7,13H2,1-3H3,(H2,14,17). The Morgan fingerprint density at radius 2 is 2.06 bits per heavy atom. The molecular weight excluding hydrogens is 218 g/mol. The summed E-state index contributed by atoms with van der Waals surface area (Å²) in [5.41, 5.74) is 10.7. The number of primary amides is 1. The molecule has 0 saturated carbocycles. The van der Waals surface area contributed by atoms with Crippen molar-refractivity contribution in [3.63, 3.8) is 0 Å². The summed E-state index contributed by atoms with van der Waals surface area (Å²) < 4.78 is 0. The van der Waals surface area contributed by atoms with E-state index in [0.717, 1.165) is 6.42 Å². The lowest BCUT2D eigenvalue weighted by molar-refractivity contribution is -0.133. The van der Waals surface area contributed by atoms with Crippen molar-refractivity contribution in [2.45, 2.75) is 39.7 Å². The van der Waals surface area contributed by atoms with E-state index in [1.54, 1.807) is 11.8 Å².